The van der Waals surface area contributed by atoms with E-state index in [1.807, 2.05) is 18.7 Å². The molecule has 254 valence electrons. The van der Waals surface area contributed by atoms with Gasteiger partial charge >= 0.3 is 5.97 Å². The zero-order chi connectivity index (χ0) is 33.2. The summed E-state index contributed by atoms with van der Waals surface area (Å²) in [6, 6.07) is -1.87. The van der Waals surface area contributed by atoms with E-state index >= 15 is 0 Å². The van der Waals surface area contributed by atoms with E-state index in [1.54, 1.807) is 19.2 Å². The Morgan fingerprint density at radius 2 is 1.96 bits per heavy atom. The lowest BCUT2D eigenvalue weighted by Gasteiger charge is -2.62. The minimum absolute atomic E-state index is 0.00322. The molecule has 0 spiro atoms. The fraction of sp³-hybridized carbons (Fsp3) is 0.735. The molecule has 3 aliphatic heterocycles. The fourth-order valence-corrected chi connectivity index (χ4v) is 8.51. The number of ether oxygens (including phenoxy) is 2. The topological polar surface area (TPSA) is 162 Å². The second-order valence-electron chi connectivity index (χ2n) is 14.2. The van der Waals surface area contributed by atoms with Crippen molar-refractivity contribution in [1.29, 1.82) is 0 Å². The summed E-state index contributed by atoms with van der Waals surface area (Å²) >= 11 is 0. The van der Waals surface area contributed by atoms with Crippen LogP contribution in [-0.4, -0.2) is 121 Å². The van der Waals surface area contributed by atoms with Crippen molar-refractivity contribution in [2.45, 2.75) is 90.1 Å². The smallest absolute Gasteiger partial charge is 0.335 e. The van der Waals surface area contributed by atoms with Gasteiger partial charge in [0.2, 0.25) is 5.91 Å². The molecular weight excluding hydrogens is 590 g/mol. The quantitative estimate of drug-likeness (QED) is 0.181. The molecule has 1 amide bonds. The van der Waals surface area contributed by atoms with Gasteiger partial charge in [0.05, 0.1) is 56.5 Å². The van der Waals surface area contributed by atoms with E-state index in [0.29, 0.717) is 69.9 Å². The highest BCUT2D eigenvalue weighted by Gasteiger charge is 2.60. The summed E-state index contributed by atoms with van der Waals surface area (Å²) in [6.45, 7) is 15.0. The van der Waals surface area contributed by atoms with Crippen molar-refractivity contribution in [2.24, 2.45) is 32.7 Å². The molecule has 5 rings (SSSR count). The SMILES string of the molecule is C=C1C(NC(C)C(=O)N2CCOCC2)CC2[C@](C)(CC[C@@H](O)[C@@]2(C)CO)C1CC(NC(C)C(=O)CC1=NCC=N1)C1=CCOC1=O. The van der Waals surface area contributed by atoms with Crippen molar-refractivity contribution in [1.82, 2.24) is 15.5 Å². The van der Waals surface area contributed by atoms with Crippen molar-refractivity contribution in [2.75, 3.05) is 46.1 Å². The highest BCUT2D eigenvalue weighted by molar-refractivity contribution is 6.07. The van der Waals surface area contributed by atoms with Crippen LogP contribution in [0, 0.1) is 22.7 Å². The molecule has 9 atom stereocenters. The number of carbonyl (C=O) groups is 3. The number of hydrogen-bond donors (Lipinski definition) is 4. The number of ketones is 1. The van der Waals surface area contributed by atoms with Crippen molar-refractivity contribution >= 4 is 29.7 Å². The molecule has 12 nitrogen and oxygen atoms in total. The van der Waals surface area contributed by atoms with E-state index in [2.05, 4.69) is 34.1 Å². The third-order valence-electron chi connectivity index (χ3n) is 11.4. The Bertz CT molecular complexity index is 1290. The van der Waals surface area contributed by atoms with Gasteiger partial charge in [0.25, 0.3) is 0 Å². The molecule has 1 saturated heterocycles. The van der Waals surface area contributed by atoms with Gasteiger partial charge in [0, 0.05) is 36.8 Å². The number of nitrogens with one attached hydrogen (secondary N) is 2. The standard InChI is InChI=1S/C34H51N5O7/c1-20-24(16-26(23-7-13-46-32(23)44)37-21(2)27(41)18-30-35-9-10-36-30)33(4)8-6-29(42)34(5,19-40)28(33)17-25(20)38-22(3)31(43)39-11-14-45-15-12-39/h7,9,21-22,24-26,28-29,37-38,40,42H,1,6,8,10-19H2,2-5H3/t21?,22?,24?,25?,26?,28?,29-,33-,34+/m1/s1. The number of Topliss-reactive ketones (excluding diaryl/α,β-unsaturated/α-hetero) is 1. The van der Waals surface area contributed by atoms with E-state index < -0.39 is 35.6 Å². The zero-order valence-corrected chi connectivity index (χ0v) is 27.7. The Morgan fingerprint density at radius 3 is 2.59 bits per heavy atom. The summed E-state index contributed by atoms with van der Waals surface area (Å²) in [4.78, 5) is 49.9. The molecular formula is C34H51N5O7. The molecule has 4 N–H and O–H groups in total. The molecule has 2 aliphatic carbocycles. The van der Waals surface area contributed by atoms with Crippen LogP contribution in [0.3, 0.4) is 0 Å². The number of amides is 1. The van der Waals surface area contributed by atoms with E-state index in [-0.39, 0.29) is 54.6 Å². The van der Waals surface area contributed by atoms with Crippen LogP contribution in [0.2, 0.25) is 0 Å². The maximum absolute atomic E-state index is 13.4. The van der Waals surface area contributed by atoms with Crippen LogP contribution < -0.4 is 10.6 Å². The first kappa shape index (κ1) is 34.6. The van der Waals surface area contributed by atoms with Crippen LogP contribution in [0.25, 0.3) is 0 Å². The van der Waals surface area contributed by atoms with Gasteiger partial charge in [-0.15, -0.1) is 0 Å². The molecule has 0 aromatic heterocycles. The Hall–Kier alpha value is -2.77. The number of rotatable bonds is 12. The summed E-state index contributed by atoms with van der Waals surface area (Å²) < 4.78 is 10.8. The summed E-state index contributed by atoms with van der Waals surface area (Å²) in [7, 11) is 0. The number of aliphatic imine (C=N–C) groups is 2. The minimum atomic E-state index is -0.774. The normalized spacial score (nSPS) is 34.8. The van der Waals surface area contributed by atoms with Gasteiger partial charge in [-0.2, -0.15) is 0 Å². The third kappa shape index (κ3) is 6.78. The number of aliphatic hydroxyl groups excluding tert-OH is 2. The third-order valence-corrected chi connectivity index (χ3v) is 11.4. The molecule has 0 aromatic rings. The highest BCUT2D eigenvalue weighted by atomic mass is 16.5. The van der Waals surface area contributed by atoms with Gasteiger partial charge in [-0.05, 0) is 62.9 Å². The molecule has 5 aliphatic rings. The molecule has 0 bridgehead atoms. The Balaban J connectivity index is 1.44. The van der Waals surface area contributed by atoms with E-state index in [0.717, 1.165) is 5.57 Å². The molecule has 6 unspecified atom stereocenters. The van der Waals surface area contributed by atoms with Crippen LogP contribution in [0.5, 0.6) is 0 Å². The lowest BCUT2D eigenvalue weighted by Crippen LogP contribution is -2.63. The minimum Gasteiger partial charge on any atom is -0.458 e. The van der Waals surface area contributed by atoms with Gasteiger partial charge in [0.1, 0.15) is 12.4 Å². The maximum Gasteiger partial charge on any atom is 0.335 e. The summed E-state index contributed by atoms with van der Waals surface area (Å²) in [5, 5.41) is 29.0. The predicted molar refractivity (Wildman–Crippen MR) is 174 cm³/mol. The van der Waals surface area contributed by atoms with Crippen LogP contribution in [0.15, 0.2) is 33.8 Å². The van der Waals surface area contributed by atoms with Gasteiger partial charge in [0.15, 0.2) is 5.78 Å². The van der Waals surface area contributed by atoms with E-state index in [1.165, 1.54) is 0 Å². The van der Waals surface area contributed by atoms with E-state index in [4.69, 9.17) is 9.47 Å². The van der Waals surface area contributed by atoms with Crippen molar-refractivity contribution < 1.29 is 34.1 Å². The van der Waals surface area contributed by atoms with Crippen LogP contribution in [-0.2, 0) is 23.9 Å². The average molecular weight is 642 g/mol. The number of cyclic esters (lactones) is 1. The molecule has 12 heteroatoms. The second-order valence-corrected chi connectivity index (χ2v) is 14.2. The highest BCUT2D eigenvalue weighted by Crippen LogP contribution is 2.62. The monoisotopic (exact) mass is 641 g/mol. The van der Waals surface area contributed by atoms with Gasteiger partial charge < -0.3 is 29.9 Å². The number of esters is 1. The molecule has 3 heterocycles. The maximum atomic E-state index is 13.4. The van der Waals surface area contributed by atoms with Gasteiger partial charge in [-0.3, -0.25) is 19.9 Å². The number of morpholine rings is 1. The first-order valence-electron chi connectivity index (χ1n) is 16.7. The lowest BCUT2D eigenvalue weighted by molar-refractivity contribution is -0.157. The number of carbonyl (C=O) groups excluding carboxylic acids is 3. The van der Waals surface area contributed by atoms with Crippen molar-refractivity contribution in [3.63, 3.8) is 0 Å². The number of amidine groups is 1. The van der Waals surface area contributed by atoms with Crippen LogP contribution >= 0.6 is 0 Å². The lowest BCUT2D eigenvalue weighted by atomic mass is 9.45. The van der Waals surface area contributed by atoms with Crippen LogP contribution in [0.1, 0.15) is 59.8 Å². The first-order chi connectivity index (χ1) is 21.9. The molecule has 0 aromatic carbocycles. The number of aliphatic hydroxyl groups is 2. The Morgan fingerprint density at radius 1 is 1.22 bits per heavy atom. The largest absolute Gasteiger partial charge is 0.458 e. The number of hydrogen-bond acceptors (Lipinski definition) is 11. The molecule has 46 heavy (non-hydrogen) atoms. The molecule has 0 radical (unpaired) electrons. The predicted octanol–water partition coefficient (Wildman–Crippen LogP) is 1.21. The summed E-state index contributed by atoms with van der Waals surface area (Å²) in [5.74, 6) is -0.282. The van der Waals surface area contributed by atoms with Crippen molar-refractivity contribution in [3.8, 4) is 0 Å². The zero-order valence-electron chi connectivity index (χ0n) is 27.7. The van der Waals surface area contributed by atoms with Gasteiger partial charge in [-0.1, -0.05) is 26.0 Å². The van der Waals surface area contributed by atoms with Crippen LogP contribution in [0.4, 0.5) is 0 Å². The van der Waals surface area contributed by atoms with Gasteiger partial charge in [-0.25, -0.2) is 9.79 Å². The number of fused-ring (bicyclic) bond motifs is 1. The molecule has 2 saturated carbocycles. The fourth-order valence-electron chi connectivity index (χ4n) is 8.51. The Labute approximate surface area is 271 Å². The first-order valence-corrected chi connectivity index (χ1v) is 16.7. The average Bonchev–Trinajstić information content (AvgIpc) is 3.73. The molecule has 3 fully saturated rings. The van der Waals surface area contributed by atoms with Crippen molar-refractivity contribution in [3.05, 3.63) is 23.8 Å². The van der Waals surface area contributed by atoms with E-state index in [9.17, 15) is 24.6 Å². The summed E-state index contributed by atoms with van der Waals surface area (Å²) in [6.07, 6.45) is 5.14. The number of nitrogens with zero attached hydrogens (tertiary/aromatic N) is 3. The Kier molecular flexibility index (Phi) is 10.6. The second kappa shape index (κ2) is 14.1. The summed E-state index contributed by atoms with van der Waals surface area (Å²) in [5.41, 5.74) is 0.247.